The van der Waals surface area contributed by atoms with E-state index in [1.807, 2.05) is 24.3 Å². The van der Waals surface area contributed by atoms with Crippen LogP contribution in [0.5, 0.6) is 28.7 Å². The van der Waals surface area contributed by atoms with Gasteiger partial charge in [-0.3, -0.25) is 14.4 Å². The lowest BCUT2D eigenvalue weighted by Gasteiger charge is -2.38. The highest BCUT2D eigenvalue weighted by Gasteiger charge is 2.54. The number of carbonyl (C=O) groups excluding carboxylic acids is 3. The van der Waals surface area contributed by atoms with E-state index in [4.69, 9.17) is 37.9 Å². The van der Waals surface area contributed by atoms with Crippen molar-refractivity contribution in [2.24, 2.45) is 11.8 Å². The molecular weight excluding hydrogens is 925 g/mol. The molecule has 1 fully saturated rings. The molecule has 2 aromatic rings. The summed E-state index contributed by atoms with van der Waals surface area (Å²) in [5.74, 6) is 1.61. The number of methoxy groups -OCH3 is 3. The second-order valence-corrected chi connectivity index (χ2v) is 21.6. The zero-order valence-electron chi connectivity index (χ0n) is 43.2. The molecule has 0 unspecified atom stereocenters. The summed E-state index contributed by atoms with van der Waals surface area (Å²) < 4.78 is 45.8. The topological polar surface area (TPSA) is 125 Å². The van der Waals surface area contributed by atoms with Crippen molar-refractivity contribution < 1.29 is 52.3 Å². The minimum absolute atomic E-state index is 0.0685. The van der Waals surface area contributed by atoms with E-state index in [2.05, 4.69) is 71.9 Å². The number of rotatable bonds is 30. The second-order valence-electron chi connectivity index (χ2n) is 18.9. The number of esters is 3. The van der Waals surface area contributed by atoms with Gasteiger partial charge in [0, 0.05) is 41.7 Å². The fourth-order valence-corrected chi connectivity index (χ4v) is 11.3. The molecule has 4 atom stereocenters. The van der Waals surface area contributed by atoms with Gasteiger partial charge in [-0.1, -0.05) is 79.8 Å². The minimum atomic E-state index is -0.723. The Morgan fingerprint density at radius 2 is 1.14 bits per heavy atom. The van der Waals surface area contributed by atoms with Crippen LogP contribution in [-0.4, -0.2) is 70.7 Å². The summed E-state index contributed by atoms with van der Waals surface area (Å²) >= 11 is 0. The van der Waals surface area contributed by atoms with Crippen LogP contribution in [0.4, 0.5) is 0 Å². The van der Waals surface area contributed by atoms with Crippen LogP contribution in [0.2, 0.25) is 0 Å². The fraction of sp³-hybridized carbons (Fsp3) is 0.561. The van der Waals surface area contributed by atoms with Crippen molar-refractivity contribution in [3.63, 3.8) is 0 Å². The second kappa shape index (κ2) is 29.6. The lowest BCUT2D eigenvalue weighted by atomic mass is 9.66. The highest BCUT2D eigenvalue weighted by Crippen LogP contribution is 2.56. The molecule has 0 bridgehead atoms. The smallest absolute Gasteiger partial charge is 0.310 e. The van der Waals surface area contributed by atoms with E-state index in [1.54, 1.807) is 42.9 Å². The van der Waals surface area contributed by atoms with Gasteiger partial charge in [-0.2, -0.15) is 0 Å². The molecule has 2 heterocycles. The normalized spacial score (nSPS) is 18.7. The molecule has 0 radical (unpaired) electrons. The zero-order chi connectivity index (χ0) is 50.4. The number of ether oxygens (including phenoxy) is 8. The molecule has 70 heavy (non-hydrogen) atoms. The van der Waals surface area contributed by atoms with Crippen molar-refractivity contribution in [2.45, 2.75) is 143 Å². The molecule has 11 nitrogen and oxygen atoms in total. The summed E-state index contributed by atoms with van der Waals surface area (Å²) in [5, 5.41) is 0. The van der Waals surface area contributed by atoms with Crippen LogP contribution in [-0.2, 0) is 28.6 Å². The number of cyclic esters (lactones) is 1. The van der Waals surface area contributed by atoms with E-state index in [0.29, 0.717) is 48.2 Å². The SMILES string of the molecule is COc1cc([C@@H]2c3cc4c(cc3[C@H](OC(=O)CCCSSCCCC(=O)OCCC/C(C)=C/CC/C(C)=C/CC/C=C(\C)CC/C=C(\C)CCC=C(C)C)[C@H]3COC(=O)[C@H]23)OCO4)cc(OC)c1OC. The van der Waals surface area contributed by atoms with Gasteiger partial charge in [-0.15, -0.1) is 0 Å². The van der Waals surface area contributed by atoms with Crippen LogP contribution in [0.1, 0.15) is 160 Å². The first-order valence-corrected chi connectivity index (χ1v) is 27.6. The van der Waals surface area contributed by atoms with E-state index < -0.39 is 23.9 Å². The molecule has 0 saturated carbocycles. The number of carbonyl (C=O) groups is 3. The molecule has 0 aromatic heterocycles. The summed E-state index contributed by atoms with van der Waals surface area (Å²) in [7, 11) is 8.01. The Labute approximate surface area is 425 Å². The van der Waals surface area contributed by atoms with Crippen LogP contribution >= 0.6 is 21.6 Å². The standard InChI is InChI=1S/C57H78O11S2/c1-38(2)18-12-21-41(5)24-13-22-39(3)19-10-11-20-40(4)23-14-25-42(6)26-15-29-64-51(58)27-16-30-69-70-31-17-28-52(59)68-55-45-35-48-47(66-37-67-48)34-44(45)53(54-46(55)36-65-57(54)60)43-32-49(61-7)56(63-9)50(33-43)62-8/h18-20,24-25,32-35,46,53-55H,10-17,21-23,26-31,36-37H2,1-9H3/b39-19+,40-20+,41-24+,42-25+/t46-,53+,54-,55-/m0/s1. The van der Waals surface area contributed by atoms with Crippen LogP contribution in [0.3, 0.4) is 0 Å². The van der Waals surface area contributed by atoms with E-state index >= 15 is 0 Å². The lowest BCUT2D eigenvalue weighted by molar-refractivity contribution is -0.154. The maximum atomic E-state index is 13.5. The summed E-state index contributed by atoms with van der Waals surface area (Å²) in [6.07, 6.45) is 23.7. The molecule has 0 spiro atoms. The van der Waals surface area contributed by atoms with Gasteiger partial charge in [0.1, 0.15) is 6.10 Å². The molecule has 0 amide bonds. The van der Waals surface area contributed by atoms with Gasteiger partial charge < -0.3 is 37.9 Å². The molecule has 3 aliphatic rings. The average Bonchev–Trinajstić information content (AvgIpc) is 3.97. The molecule has 2 aliphatic heterocycles. The largest absolute Gasteiger partial charge is 0.493 e. The molecular formula is C57H78O11S2. The number of hydrogen-bond donors (Lipinski definition) is 0. The summed E-state index contributed by atoms with van der Waals surface area (Å²) in [6, 6.07) is 7.43. The number of benzene rings is 2. The number of fused-ring (bicyclic) bond motifs is 3. The van der Waals surface area contributed by atoms with Gasteiger partial charge in [0.2, 0.25) is 12.5 Å². The van der Waals surface area contributed by atoms with Crippen molar-refractivity contribution >= 4 is 39.5 Å². The lowest BCUT2D eigenvalue weighted by Crippen LogP contribution is -2.36. The summed E-state index contributed by atoms with van der Waals surface area (Å²) in [4.78, 5) is 39.3. The number of hydrogen-bond acceptors (Lipinski definition) is 13. The van der Waals surface area contributed by atoms with E-state index in [1.165, 1.54) is 27.9 Å². The van der Waals surface area contributed by atoms with Crippen molar-refractivity contribution in [1.82, 2.24) is 0 Å². The first kappa shape index (κ1) is 56.2. The van der Waals surface area contributed by atoms with E-state index in [0.717, 1.165) is 98.8 Å². The van der Waals surface area contributed by atoms with E-state index in [-0.39, 0.29) is 37.7 Å². The Bertz CT molecular complexity index is 2190. The monoisotopic (exact) mass is 1000 g/mol. The molecule has 384 valence electrons. The Balaban J connectivity index is 0.945. The van der Waals surface area contributed by atoms with Gasteiger partial charge in [-0.25, -0.2) is 0 Å². The molecule has 0 N–H and O–H groups in total. The highest BCUT2D eigenvalue weighted by atomic mass is 33.1. The van der Waals surface area contributed by atoms with Crippen molar-refractivity contribution in [1.29, 1.82) is 0 Å². The van der Waals surface area contributed by atoms with E-state index in [9.17, 15) is 14.4 Å². The molecule has 5 rings (SSSR count). The third-order valence-electron chi connectivity index (χ3n) is 13.0. The molecule has 1 saturated heterocycles. The minimum Gasteiger partial charge on any atom is -0.493 e. The average molecular weight is 1000 g/mol. The van der Waals surface area contributed by atoms with Crippen LogP contribution in [0.25, 0.3) is 0 Å². The molecule has 1 aliphatic carbocycles. The van der Waals surface area contributed by atoms with Crippen molar-refractivity contribution in [3.05, 3.63) is 99.2 Å². The van der Waals surface area contributed by atoms with Gasteiger partial charge in [0.15, 0.2) is 23.0 Å². The maximum Gasteiger partial charge on any atom is 0.310 e. The zero-order valence-corrected chi connectivity index (χ0v) is 44.9. The third kappa shape index (κ3) is 17.2. The van der Waals surface area contributed by atoms with Gasteiger partial charge in [-0.05, 0) is 154 Å². The first-order valence-electron chi connectivity index (χ1n) is 25.1. The Hall–Kier alpha value is -4.75. The molecule has 13 heteroatoms. The quantitative estimate of drug-likeness (QED) is 0.0243. The molecule has 2 aromatic carbocycles. The number of unbranched alkanes of at least 4 members (excludes halogenated alkanes) is 1. The Morgan fingerprint density at radius 1 is 0.614 bits per heavy atom. The van der Waals surface area contributed by atoms with Crippen LogP contribution in [0.15, 0.2) is 82.5 Å². The predicted octanol–water partition coefficient (Wildman–Crippen LogP) is 14.1. The maximum absolute atomic E-state index is 13.5. The van der Waals surface area contributed by atoms with Gasteiger partial charge >= 0.3 is 17.9 Å². The summed E-state index contributed by atoms with van der Waals surface area (Å²) in [6.45, 7) is 13.8. The fourth-order valence-electron chi connectivity index (χ4n) is 9.17. The number of allylic oxidation sites excluding steroid dienone is 10. The Morgan fingerprint density at radius 3 is 1.70 bits per heavy atom. The highest BCUT2D eigenvalue weighted by molar-refractivity contribution is 8.76. The summed E-state index contributed by atoms with van der Waals surface area (Å²) in [5.41, 5.74) is 9.44. The Kier molecular flexibility index (Phi) is 23.7. The van der Waals surface area contributed by atoms with Crippen LogP contribution in [0, 0.1) is 11.8 Å². The predicted molar refractivity (Wildman–Crippen MR) is 282 cm³/mol. The third-order valence-corrected chi connectivity index (χ3v) is 15.6. The van der Waals surface area contributed by atoms with Crippen molar-refractivity contribution in [2.75, 3.05) is 52.8 Å². The van der Waals surface area contributed by atoms with Gasteiger partial charge in [0.05, 0.1) is 40.5 Å². The van der Waals surface area contributed by atoms with Crippen LogP contribution < -0.4 is 23.7 Å². The van der Waals surface area contributed by atoms with Crippen molar-refractivity contribution in [3.8, 4) is 28.7 Å². The first-order chi connectivity index (χ1) is 33.8. The van der Waals surface area contributed by atoms with Gasteiger partial charge in [0.25, 0.3) is 0 Å².